The maximum atomic E-state index is 15.7. The molecule has 564 valence electrons. The van der Waals surface area contributed by atoms with Crippen molar-refractivity contribution in [2.75, 3.05) is 101 Å². The van der Waals surface area contributed by atoms with E-state index in [4.69, 9.17) is 21.1 Å². The summed E-state index contributed by atoms with van der Waals surface area (Å²) >= 11 is 6.39. The lowest BCUT2D eigenvalue weighted by Crippen LogP contribution is -2.65. The molecule has 12 amide bonds. The first-order valence-electron chi connectivity index (χ1n) is 36.4. The number of morpholine rings is 1. The van der Waals surface area contributed by atoms with Crippen LogP contribution in [-0.2, 0) is 67.0 Å². The van der Waals surface area contributed by atoms with Gasteiger partial charge in [0.15, 0.2) is 0 Å². The third-order valence-electron chi connectivity index (χ3n) is 22.5. The minimum absolute atomic E-state index is 0.0140. The SMILES string of the molecule is CCCOC[C@H]1C(=O)N(C)CC(=O)N[C@@H](CCC2CCC(C(F)(F)F)C(Cl)C2)C(=O)N2CCC[C@H]2C(=O)NC2(CCCC2)C(=O)N(C)[C@@H](C2CCCC2)C(=O)N(C)[C@H](C(=O)N2CCOCC2)CC(=O)N(C)[C@@H](CC(C)C)C(=O)N[C@@H]([C@@H](C)CC)C(=O)N(C)[C@@H](C)C(=O)N2CC[C@H]2C(=O)N1C. The lowest BCUT2D eigenvalue weighted by Gasteiger charge is -2.45. The number of ether oxygens (including phenoxy) is 2. The van der Waals surface area contributed by atoms with E-state index in [1.807, 2.05) is 27.7 Å². The molecule has 4 saturated heterocycles. The second-order valence-electron chi connectivity index (χ2n) is 29.7. The summed E-state index contributed by atoms with van der Waals surface area (Å²) in [5.74, 6) is -11.1. The van der Waals surface area contributed by atoms with Gasteiger partial charge >= 0.3 is 6.18 Å². The molecule has 0 bridgehead atoms. The predicted molar refractivity (Wildman–Crippen MR) is 364 cm³/mol. The van der Waals surface area contributed by atoms with Gasteiger partial charge in [-0.25, -0.2) is 0 Å². The number of likely N-dealkylation sites (N-methyl/N-ethyl adjacent to an activating group) is 6. The molecule has 3 unspecified atom stereocenters. The fourth-order valence-corrected chi connectivity index (χ4v) is 16.3. The van der Waals surface area contributed by atoms with E-state index in [-0.39, 0.29) is 129 Å². The Labute approximate surface area is 592 Å². The zero-order valence-electron chi connectivity index (χ0n) is 60.9. The van der Waals surface area contributed by atoms with Gasteiger partial charge in [0.05, 0.1) is 38.7 Å². The van der Waals surface area contributed by atoms with Crippen LogP contribution in [-0.4, -0.2) is 288 Å². The van der Waals surface area contributed by atoms with Gasteiger partial charge in [0.2, 0.25) is 70.9 Å². The molecule has 3 aliphatic carbocycles. The molecule has 4 aliphatic heterocycles. The second-order valence-corrected chi connectivity index (χ2v) is 30.3. The molecule has 1 spiro atoms. The highest BCUT2D eigenvalue weighted by molar-refractivity contribution is 6.21. The van der Waals surface area contributed by atoms with Gasteiger partial charge in [0.25, 0.3) is 0 Å². The van der Waals surface area contributed by atoms with E-state index in [1.54, 1.807) is 6.92 Å². The van der Waals surface area contributed by atoms with E-state index in [1.165, 1.54) is 83.5 Å². The van der Waals surface area contributed by atoms with Crippen LogP contribution in [0.3, 0.4) is 0 Å². The van der Waals surface area contributed by atoms with Gasteiger partial charge in [0.1, 0.15) is 59.9 Å². The van der Waals surface area contributed by atoms with Crippen LogP contribution < -0.4 is 16.0 Å². The average Bonchev–Trinajstić information content (AvgIpc) is 1.38. The smallest absolute Gasteiger partial charge is 0.379 e. The van der Waals surface area contributed by atoms with Crippen LogP contribution in [0.1, 0.15) is 170 Å². The zero-order valence-corrected chi connectivity index (χ0v) is 61.7. The first kappa shape index (κ1) is 80.9. The number of fused-ring (bicyclic) bond motifs is 2. The van der Waals surface area contributed by atoms with Crippen LogP contribution in [0.4, 0.5) is 13.2 Å². The Hall–Kier alpha value is -6.36. The normalized spacial score (nSPS) is 30.8. The van der Waals surface area contributed by atoms with Crippen LogP contribution in [0.15, 0.2) is 0 Å². The Morgan fingerprint density at radius 3 is 1.91 bits per heavy atom. The minimum atomic E-state index is -4.52. The van der Waals surface area contributed by atoms with Crippen LogP contribution in [0.5, 0.6) is 0 Å². The minimum Gasteiger partial charge on any atom is -0.379 e. The van der Waals surface area contributed by atoms with Crippen LogP contribution in [0, 0.1) is 29.6 Å². The van der Waals surface area contributed by atoms with Gasteiger partial charge in [-0.2, -0.15) is 13.2 Å². The highest BCUT2D eigenvalue weighted by Crippen LogP contribution is 2.44. The monoisotopic (exact) mass is 1440 g/mol. The number of hydrogen-bond acceptors (Lipinski definition) is 14. The van der Waals surface area contributed by atoms with Crippen molar-refractivity contribution in [2.45, 2.75) is 241 Å². The molecule has 3 saturated carbocycles. The Balaban J connectivity index is 1.28. The number of amides is 12. The Morgan fingerprint density at radius 1 is 0.670 bits per heavy atom. The molecular weight excluding hydrogens is 1330 g/mol. The topological polar surface area (TPSA) is 289 Å². The number of nitrogens with one attached hydrogen (secondary N) is 3. The second kappa shape index (κ2) is 35.7. The van der Waals surface area contributed by atoms with Crippen molar-refractivity contribution >= 4 is 82.5 Å². The summed E-state index contributed by atoms with van der Waals surface area (Å²) in [6, 6.07) is -11.2. The number of nitrogens with zero attached hydrogens (tertiary/aromatic N) is 9. The molecule has 0 aromatic rings. The van der Waals surface area contributed by atoms with Gasteiger partial charge in [-0.05, 0) is 120 Å². The van der Waals surface area contributed by atoms with Crippen LogP contribution in [0.2, 0.25) is 0 Å². The summed E-state index contributed by atoms with van der Waals surface area (Å²) in [4.78, 5) is 191. The van der Waals surface area contributed by atoms with Gasteiger partial charge in [-0.3, -0.25) is 57.5 Å². The van der Waals surface area contributed by atoms with E-state index in [0.717, 1.165) is 22.6 Å². The van der Waals surface area contributed by atoms with Crippen molar-refractivity contribution in [2.24, 2.45) is 29.6 Å². The van der Waals surface area contributed by atoms with E-state index in [9.17, 15) is 41.9 Å². The van der Waals surface area contributed by atoms with Crippen molar-refractivity contribution < 1.29 is 80.2 Å². The average molecular weight is 1440 g/mol. The van der Waals surface area contributed by atoms with Crippen LogP contribution >= 0.6 is 11.6 Å². The molecule has 4 heterocycles. The fourth-order valence-electron chi connectivity index (χ4n) is 15.7. The number of carbonyl (C=O) groups excluding carboxylic acids is 12. The molecule has 0 radical (unpaired) electrons. The molecule has 3 N–H and O–H groups in total. The highest BCUT2D eigenvalue weighted by atomic mass is 35.5. The van der Waals surface area contributed by atoms with Crippen molar-refractivity contribution in [1.29, 1.82) is 0 Å². The van der Waals surface area contributed by atoms with Crippen LogP contribution in [0.25, 0.3) is 0 Å². The number of rotatable bonds is 13. The third-order valence-corrected chi connectivity index (χ3v) is 23.0. The molecular formula is C70H112ClF3N12O14. The zero-order chi connectivity index (χ0) is 73.8. The van der Waals surface area contributed by atoms with Gasteiger partial charge in [-0.1, -0.05) is 66.7 Å². The molecule has 13 atom stereocenters. The molecule has 0 aromatic carbocycles. The molecule has 7 fully saturated rings. The Bertz CT molecular complexity index is 2930. The lowest BCUT2D eigenvalue weighted by atomic mass is 9.78. The molecule has 0 aromatic heterocycles. The summed E-state index contributed by atoms with van der Waals surface area (Å²) in [5, 5.41) is 7.55. The van der Waals surface area contributed by atoms with Gasteiger partial charge in [-0.15, -0.1) is 11.6 Å². The maximum absolute atomic E-state index is 15.7. The van der Waals surface area contributed by atoms with Gasteiger partial charge in [0, 0.05) is 80.4 Å². The fraction of sp³-hybridized carbons (Fsp3) is 0.829. The summed E-state index contributed by atoms with van der Waals surface area (Å²) in [7, 11) is 8.49. The number of alkyl halides is 4. The molecule has 100 heavy (non-hydrogen) atoms. The van der Waals surface area contributed by atoms with E-state index in [2.05, 4.69) is 16.0 Å². The summed E-state index contributed by atoms with van der Waals surface area (Å²) in [5.41, 5.74) is -1.57. The highest BCUT2D eigenvalue weighted by Gasteiger charge is 2.53. The Kier molecular flexibility index (Phi) is 28.9. The van der Waals surface area contributed by atoms with Crippen molar-refractivity contribution in [1.82, 2.24) is 60.0 Å². The molecule has 7 rings (SSSR count). The van der Waals surface area contributed by atoms with Gasteiger partial charge < -0.3 is 69.5 Å². The predicted octanol–water partition coefficient (Wildman–Crippen LogP) is 3.93. The standard InChI is InChI=1S/C70H112ClF3N12O14/c1-13-34-100-41-54-63(93)78(7)40-55(87)75-49(26-24-45-23-25-47(48(71)38-45)70(72,73)74)62(92)85-30-19-22-50(85)60(90)77-69(28-17-18-29-69)68(98)83(12)58(46-20-15-16-21-46)67(97)81(10)53(65(95)84-32-35-99-36-33-84)39-56(88)80(9)52(37-42(3)4)59(89)76-57(43(5)14-2)66(96)79(8)44(6)61(91)86-31-27-51(86)64(94)82(54)11/h42-54,57-58H,13-41H2,1-12H3,(H,75,87)(H,76,89)(H,77,90)/t43-,44-,45?,47?,48?,49-,50-,51-,52-,53-,54-,57-,58-/m0/s1. The van der Waals surface area contributed by atoms with E-state index in [0.29, 0.717) is 44.9 Å². The van der Waals surface area contributed by atoms with Crippen molar-refractivity contribution in [3.63, 3.8) is 0 Å². The lowest BCUT2D eigenvalue weighted by molar-refractivity contribution is -0.182. The molecule has 7 aliphatic rings. The van der Waals surface area contributed by atoms with Crippen molar-refractivity contribution in [3.8, 4) is 0 Å². The number of halogens is 4. The molecule has 26 nitrogen and oxygen atoms in total. The van der Waals surface area contributed by atoms with E-state index >= 15 is 28.8 Å². The van der Waals surface area contributed by atoms with E-state index < -0.39 is 173 Å². The third kappa shape index (κ3) is 19.1. The number of carbonyl (C=O) groups is 12. The summed E-state index contributed by atoms with van der Waals surface area (Å²) in [6.07, 6.45) is 0.523. The summed E-state index contributed by atoms with van der Waals surface area (Å²) in [6.45, 7) is 10.8. The largest absolute Gasteiger partial charge is 0.393 e. The summed E-state index contributed by atoms with van der Waals surface area (Å²) < 4.78 is 53.4. The first-order chi connectivity index (χ1) is 47.2. The quantitative estimate of drug-likeness (QED) is 0.174. The molecule has 30 heteroatoms. The maximum Gasteiger partial charge on any atom is 0.393 e. The van der Waals surface area contributed by atoms with Crippen molar-refractivity contribution in [3.05, 3.63) is 0 Å². The Morgan fingerprint density at radius 2 is 1.32 bits per heavy atom. The first-order valence-corrected chi connectivity index (χ1v) is 36.9. The number of hydrogen-bond donors (Lipinski definition) is 3.